The summed E-state index contributed by atoms with van der Waals surface area (Å²) in [4.78, 5) is 35.1. The average molecular weight is 616 g/mol. The molecule has 6 rings (SSSR count). The molecule has 9 nitrogen and oxygen atoms in total. The monoisotopic (exact) mass is 615 g/mol. The molecular weight excluding hydrogens is 586 g/mol. The third kappa shape index (κ3) is 5.03. The van der Waals surface area contributed by atoms with Crippen molar-refractivity contribution in [3.8, 4) is 0 Å². The van der Waals surface area contributed by atoms with Crippen LogP contribution in [-0.4, -0.2) is 46.9 Å². The van der Waals surface area contributed by atoms with Crippen LogP contribution < -0.4 is 15.2 Å². The van der Waals surface area contributed by atoms with Gasteiger partial charge in [0.25, 0.3) is 5.56 Å². The second-order valence-corrected chi connectivity index (χ2v) is 15.7. The smallest absolute Gasteiger partial charge is 0.262 e. The van der Waals surface area contributed by atoms with E-state index in [1.807, 2.05) is 32.3 Å². The third-order valence-electron chi connectivity index (χ3n) is 7.75. The SMILES string of the molecule is Cn1cnc2ccc(Sc3cnc(N4CCC5(CC4)Cc4ncsc4[C@H]5N[S+]([O-])C(C)(C)C)cn3)c(Cl)c2c1=O. The number of fused-ring (bicyclic) bond motifs is 2. The number of aryl methyl sites for hydroxylation is 1. The molecule has 0 saturated carbocycles. The quantitative estimate of drug-likeness (QED) is 0.313. The van der Waals surface area contributed by atoms with E-state index in [0.717, 1.165) is 48.8 Å². The fraction of sp³-hybridized carbons (Fsp3) is 0.444. The number of hydrogen-bond acceptors (Lipinski definition) is 10. The molecule has 1 saturated heterocycles. The molecule has 3 aromatic heterocycles. The molecule has 1 aliphatic heterocycles. The molecule has 1 N–H and O–H groups in total. The minimum Gasteiger partial charge on any atom is -0.598 e. The minimum absolute atomic E-state index is 0.00515. The first kappa shape index (κ1) is 27.9. The maximum atomic E-state index is 13.1. The summed E-state index contributed by atoms with van der Waals surface area (Å²) in [5.74, 6) is 0.829. The first-order valence-corrected chi connectivity index (χ1v) is 16.3. The molecule has 1 aliphatic carbocycles. The molecule has 2 aliphatic rings. The van der Waals surface area contributed by atoms with Gasteiger partial charge in [0.2, 0.25) is 0 Å². The fourth-order valence-electron chi connectivity index (χ4n) is 5.42. The highest BCUT2D eigenvalue weighted by Crippen LogP contribution is 2.53. The van der Waals surface area contributed by atoms with Crippen LogP contribution in [0.4, 0.5) is 5.82 Å². The molecule has 4 heterocycles. The predicted octanol–water partition coefficient (Wildman–Crippen LogP) is 4.92. The van der Waals surface area contributed by atoms with Crippen molar-refractivity contribution in [2.45, 2.75) is 60.7 Å². The number of hydrogen-bond donors (Lipinski definition) is 1. The number of rotatable bonds is 5. The number of benzene rings is 1. The zero-order valence-electron chi connectivity index (χ0n) is 22.7. The van der Waals surface area contributed by atoms with E-state index in [0.29, 0.717) is 21.0 Å². The molecule has 1 fully saturated rings. The maximum Gasteiger partial charge on any atom is 0.262 e. The lowest BCUT2D eigenvalue weighted by Crippen LogP contribution is -2.49. The van der Waals surface area contributed by atoms with E-state index in [9.17, 15) is 9.35 Å². The molecule has 2 atom stereocenters. The summed E-state index contributed by atoms with van der Waals surface area (Å²) in [7, 11) is 1.66. The van der Waals surface area contributed by atoms with E-state index in [4.69, 9.17) is 16.6 Å². The highest BCUT2D eigenvalue weighted by molar-refractivity contribution is 7.99. The third-order valence-corrected chi connectivity index (χ3v) is 11.7. The van der Waals surface area contributed by atoms with Gasteiger partial charge in [0.1, 0.15) is 15.6 Å². The van der Waals surface area contributed by atoms with Crippen LogP contribution in [0.15, 0.2) is 51.1 Å². The first-order valence-electron chi connectivity index (χ1n) is 13.0. The molecule has 0 bridgehead atoms. The highest BCUT2D eigenvalue weighted by atomic mass is 35.5. The Morgan fingerprint density at radius 1 is 1.18 bits per heavy atom. The Morgan fingerprint density at radius 2 is 1.95 bits per heavy atom. The summed E-state index contributed by atoms with van der Waals surface area (Å²) in [6.45, 7) is 7.68. The van der Waals surface area contributed by atoms with Crippen LogP contribution in [0.2, 0.25) is 5.02 Å². The van der Waals surface area contributed by atoms with Crippen molar-refractivity contribution in [1.82, 2.24) is 29.2 Å². The van der Waals surface area contributed by atoms with Crippen molar-refractivity contribution < 1.29 is 4.55 Å². The second kappa shape index (κ2) is 10.6. The van der Waals surface area contributed by atoms with Crippen molar-refractivity contribution >= 4 is 62.8 Å². The molecule has 40 heavy (non-hydrogen) atoms. The van der Waals surface area contributed by atoms with Crippen molar-refractivity contribution in [3.63, 3.8) is 0 Å². The fourth-order valence-corrected chi connectivity index (χ4v) is 8.55. The zero-order valence-corrected chi connectivity index (χ0v) is 25.9. The van der Waals surface area contributed by atoms with Crippen LogP contribution in [0.25, 0.3) is 10.9 Å². The van der Waals surface area contributed by atoms with Crippen LogP contribution in [0, 0.1) is 5.41 Å². The summed E-state index contributed by atoms with van der Waals surface area (Å²) >= 11 is 8.49. The van der Waals surface area contributed by atoms with E-state index in [1.165, 1.54) is 27.5 Å². The van der Waals surface area contributed by atoms with E-state index < -0.39 is 11.4 Å². The van der Waals surface area contributed by atoms with Crippen LogP contribution in [0.3, 0.4) is 0 Å². The molecule has 210 valence electrons. The summed E-state index contributed by atoms with van der Waals surface area (Å²) in [6.07, 6.45) is 7.84. The second-order valence-electron chi connectivity index (χ2n) is 11.4. The Morgan fingerprint density at radius 3 is 2.65 bits per heavy atom. The summed E-state index contributed by atoms with van der Waals surface area (Å²) < 4.78 is 17.6. The lowest BCUT2D eigenvalue weighted by Gasteiger charge is -2.43. The van der Waals surface area contributed by atoms with Gasteiger partial charge in [0.15, 0.2) is 0 Å². The maximum absolute atomic E-state index is 13.1. The van der Waals surface area contributed by atoms with Gasteiger partial charge in [-0.2, -0.15) is 0 Å². The van der Waals surface area contributed by atoms with Crippen molar-refractivity contribution in [2.24, 2.45) is 12.5 Å². The topological polar surface area (TPSA) is 112 Å². The summed E-state index contributed by atoms with van der Waals surface area (Å²) in [5, 5.41) is 1.47. The number of nitrogens with zero attached hydrogens (tertiary/aromatic N) is 6. The molecule has 1 unspecified atom stereocenters. The van der Waals surface area contributed by atoms with Gasteiger partial charge in [-0.05, 0) is 52.2 Å². The van der Waals surface area contributed by atoms with Gasteiger partial charge >= 0.3 is 0 Å². The predicted molar refractivity (Wildman–Crippen MR) is 162 cm³/mol. The van der Waals surface area contributed by atoms with Crippen molar-refractivity contribution in [1.29, 1.82) is 0 Å². The Labute approximate surface area is 249 Å². The minimum atomic E-state index is -1.16. The number of piperidine rings is 1. The number of halogens is 1. The van der Waals surface area contributed by atoms with Crippen LogP contribution in [0.1, 0.15) is 50.2 Å². The number of aromatic nitrogens is 5. The molecule has 1 aromatic carbocycles. The van der Waals surface area contributed by atoms with Gasteiger partial charge in [-0.25, -0.2) is 19.9 Å². The van der Waals surface area contributed by atoms with Gasteiger partial charge in [-0.15, -0.1) is 16.1 Å². The van der Waals surface area contributed by atoms with E-state index in [2.05, 4.69) is 24.6 Å². The average Bonchev–Trinajstić information content (AvgIpc) is 3.48. The normalized spacial score (nSPS) is 19.4. The number of anilines is 1. The van der Waals surface area contributed by atoms with Gasteiger partial charge in [-0.1, -0.05) is 23.4 Å². The van der Waals surface area contributed by atoms with Gasteiger partial charge in [-0.3, -0.25) is 4.79 Å². The molecule has 4 aromatic rings. The van der Waals surface area contributed by atoms with Crippen LogP contribution >= 0.6 is 34.7 Å². The number of thiazole rings is 1. The molecule has 0 amide bonds. The van der Waals surface area contributed by atoms with Gasteiger partial charge < -0.3 is 14.0 Å². The van der Waals surface area contributed by atoms with Crippen molar-refractivity contribution in [3.05, 3.63) is 62.3 Å². The van der Waals surface area contributed by atoms with Crippen LogP contribution in [0.5, 0.6) is 0 Å². The standard InChI is InChI=1S/C27H30ClN7O2S3/c1-26(2,3)40(37)33-24-23-17(32-15-38-23)11-27(24)7-9-35(10-8-27)19-12-30-20(13-29-19)39-18-6-5-16-21(22(18)28)25(36)34(4)14-31-16/h5-6,12-15,24,33H,7-11H2,1-4H3/t24-,40?/m1/s1. The number of nitrogens with one attached hydrogen (secondary N) is 1. The molecule has 13 heteroatoms. The zero-order chi connectivity index (χ0) is 28.2. The van der Waals surface area contributed by atoms with Crippen molar-refractivity contribution in [2.75, 3.05) is 18.0 Å². The largest absolute Gasteiger partial charge is 0.598 e. The van der Waals surface area contributed by atoms with E-state index in [1.54, 1.807) is 36.8 Å². The molecule has 0 radical (unpaired) electrons. The summed E-state index contributed by atoms with van der Waals surface area (Å²) in [6, 6.07) is 3.70. The highest BCUT2D eigenvalue weighted by Gasteiger charge is 2.52. The lowest BCUT2D eigenvalue weighted by atomic mass is 9.74. The molecule has 1 spiro atoms. The lowest BCUT2D eigenvalue weighted by molar-refractivity contribution is 0.176. The first-order chi connectivity index (χ1) is 19.1. The summed E-state index contributed by atoms with van der Waals surface area (Å²) in [5.41, 5.74) is 3.42. The van der Waals surface area contributed by atoms with Gasteiger partial charge in [0, 0.05) is 46.7 Å². The Bertz CT molecular complexity index is 1610. The molecular formula is C27H30ClN7O2S3. The van der Waals surface area contributed by atoms with E-state index in [-0.39, 0.29) is 21.8 Å². The Kier molecular flexibility index (Phi) is 7.37. The van der Waals surface area contributed by atoms with Crippen LogP contribution in [-0.2, 0) is 24.8 Å². The Hall–Kier alpha value is -2.22. The van der Waals surface area contributed by atoms with E-state index >= 15 is 0 Å². The Balaban J connectivity index is 1.16. The van der Waals surface area contributed by atoms with Gasteiger partial charge in [0.05, 0.1) is 51.9 Å².